The van der Waals surface area contributed by atoms with Crippen LogP contribution in [0.5, 0.6) is 0 Å². The van der Waals surface area contributed by atoms with Crippen molar-refractivity contribution in [1.82, 2.24) is 0 Å². The van der Waals surface area contributed by atoms with E-state index in [2.05, 4.69) is 26.6 Å². The smallest absolute Gasteiger partial charge is 0.170 e. The van der Waals surface area contributed by atoms with Gasteiger partial charge in [0.15, 0.2) is 17.4 Å². The van der Waals surface area contributed by atoms with Crippen molar-refractivity contribution in [3.8, 4) is 0 Å². The van der Waals surface area contributed by atoms with Gasteiger partial charge >= 0.3 is 0 Å². The second-order valence-corrected chi connectivity index (χ2v) is 13.6. The Hall–Kier alpha value is 0.394. The van der Waals surface area contributed by atoms with Crippen LogP contribution in [0.1, 0.15) is 39.0 Å². The van der Waals surface area contributed by atoms with Crippen molar-refractivity contribution >= 4 is 17.4 Å². The van der Waals surface area contributed by atoms with E-state index in [1.165, 1.54) is 38.1 Å². The first kappa shape index (κ1) is 12.5. The van der Waals surface area contributed by atoms with Crippen molar-refractivity contribution in [3.63, 3.8) is 0 Å². The molecule has 1 fully saturated rings. The van der Waals surface area contributed by atoms with Gasteiger partial charge in [-0.3, -0.25) is 0 Å². The fourth-order valence-electron chi connectivity index (χ4n) is 2.47. The van der Waals surface area contributed by atoms with Gasteiger partial charge in [-0.1, -0.05) is 39.0 Å². The third-order valence-electron chi connectivity index (χ3n) is 3.08. The number of hydrogen-bond acceptors (Lipinski definition) is 1. The molecule has 1 aliphatic rings. The van der Waals surface area contributed by atoms with Crippen LogP contribution in [0, 0.1) is 0 Å². The zero-order valence-electron chi connectivity index (χ0n) is 10.3. The average molecular weight is 230 g/mol. The Morgan fingerprint density at radius 1 is 1.14 bits per heavy atom. The Labute approximate surface area is 92.1 Å². The van der Waals surface area contributed by atoms with E-state index in [9.17, 15) is 0 Å². The van der Waals surface area contributed by atoms with Crippen LogP contribution in [0.25, 0.3) is 0 Å². The van der Waals surface area contributed by atoms with E-state index in [0.29, 0.717) is 0 Å². The van der Waals surface area contributed by atoms with Crippen LogP contribution < -0.4 is 0 Å². The van der Waals surface area contributed by atoms with Gasteiger partial charge in [0, 0.05) is 0 Å². The van der Waals surface area contributed by atoms with Crippen LogP contribution >= 0.6 is 0 Å². The van der Waals surface area contributed by atoms with E-state index in [4.69, 9.17) is 4.12 Å². The van der Waals surface area contributed by atoms with Gasteiger partial charge in [-0.05, 0) is 31.2 Å². The molecule has 1 saturated carbocycles. The standard InChI is InChI=1S/C11H26OSi2/c1-5-13(12-14(2,3)4)11-9-7-6-8-10-11/h11,13H,5-10H2,1-4H3. The van der Waals surface area contributed by atoms with E-state index in [1.54, 1.807) is 0 Å². The summed E-state index contributed by atoms with van der Waals surface area (Å²) in [7, 11) is -2.12. The molecule has 0 radical (unpaired) electrons. The highest BCUT2D eigenvalue weighted by atomic mass is 28.4. The average Bonchev–Trinajstić information content (AvgIpc) is 2.14. The zero-order valence-corrected chi connectivity index (χ0v) is 12.5. The third kappa shape index (κ3) is 4.28. The summed E-state index contributed by atoms with van der Waals surface area (Å²) in [6.07, 6.45) is 7.32. The second kappa shape index (κ2) is 5.47. The predicted molar refractivity (Wildman–Crippen MR) is 68.9 cm³/mol. The van der Waals surface area contributed by atoms with Crippen molar-refractivity contribution in [3.05, 3.63) is 0 Å². The Balaban J connectivity index is 2.43. The van der Waals surface area contributed by atoms with Gasteiger partial charge in [0.25, 0.3) is 0 Å². The van der Waals surface area contributed by atoms with Crippen LogP contribution in [0.3, 0.4) is 0 Å². The Morgan fingerprint density at radius 2 is 1.71 bits per heavy atom. The summed E-state index contributed by atoms with van der Waals surface area (Å²) in [5, 5.41) is 0. The molecule has 84 valence electrons. The van der Waals surface area contributed by atoms with Gasteiger partial charge in [-0.2, -0.15) is 0 Å². The van der Waals surface area contributed by atoms with Crippen molar-refractivity contribution in [2.24, 2.45) is 0 Å². The summed E-state index contributed by atoms with van der Waals surface area (Å²) < 4.78 is 6.40. The molecule has 14 heavy (non-hydrogen) atoms. The molecule has 0 heterocycles. The second-order valence-electron chi connectivity index (χ2n) is 5.58. The predicted octanol–water partition coefficient (Wildman–Crippen LogP) is 3.92. The molecule has 0 aromatic carbocycles. The maximum atomic E-state index is 6.40. The lowest BCUT2D eigenvalue weighted by atomic mass is 10.0. The van der Waals surface area contributed by atoms with Crippen molar-refractivity contribution in [2.45, 2.75) is 70.3 Å². The maximum absolute atomic E-state index is 6.40. The summed E-state index contributed by atoms with van der Waals surface area (Å²) in [6, 6.07) is 1.34. The van der Waals surface area contributed by atoms with Crippen LogP contribution in [0.2, 0.25) is 31.2 Å². The first-order chi connectivity index (χ1) is 6.53. The molecular weight excluding hydrogens is 204 g/mol. The number of hydrogen-bond donors (Lipinski definition) is 0. The van der Waals surface area contributed by atoms with Crippen LogP contribution in [0.4, 0.5) is 0 Å². The quantitative estimate of drug-likeness (QED) is 0.665. The highest BCUT2D eigenvalue weighted by molar-refractivity contribution is 6.77. The Morgan fingerprint density at radius 3 is 2.14 bits per heavy atom. The van der Waals surface area contributed by atoms with E-state index < -0.39 is 17.4 Å². The van der Waals surface area contributed by atoms with E-state index in [0.717, 1.165) is 5.54 Å². The lowest BCUT2D eigenvalue weighted by molar-refractivity contribution is 0.450. The molecule has 0 aromatic rings. The van der Waals surface area contributed by atoms with Crippen LogP contribution in [0.15, 0.2) is 0 Å². The molecule has 0 bridgehead atoms. The van der Waals surface area contributed by atoms with Crippen molar-refractivity contribution in [1.29, 1.82) is 0 Å². The van der Waals surface area contributed by atoms with Gasteiger partial charge in [-0.15, -0.1) is 0 Å². The fourth-order valence-corrected chi connectivity index (χ4v) is 9.42. The Bertz CT molecular complexity index is 159. The Kier molecular flexibility index (Phi) is 4.87. The first-order valence-corrected chi connectivity index (χ1v) is 11.6. The molecule has 0 aliphatic heterocycles. The molecule has 1 nitrogen and oxygen atoms in total. The topological polar surface area (TPSA) is 9.23 Å². The van der Waals surface area contributed by atoms with Gasteiger partial charge < -0.3 is 4.12 Å². The van der Waals surface area contributed by atoms with E-state index >= 15 is 0 Å². The molecular formula is C11H26OSi2. The summed E-state index contributed by atoms with van der Waals surface area (Å²) in [5.41, 5.74) is 1.00. The van der Waals surface area contributed by atoms with Gasteiger partial charge in [0.1, 0.15) is 0 Å². The molecule has 3 heteroatoms. The van der Waals surface area contributed by atoms with Crippen LogP contribution in [-0.2, 0) is 4.12 Å². The molecule has 1 rings (SSSR count). The van der Waals surface area contributed by atoms with Crippen LogP contribution in [-0.4, -0.2) is 17.4 Å². The monoisotopic (exact) mass is 230 g/mol. The zero-order chi connectivity index (χ0) is 10.6. The summed E-state index contributed by atoms with van der Waals surface area (Å²) in [5.74, 6) is 0. The highest BCUT2D eigenvalue weighted by Gasteiger charge is 2.29. The lowest BCUT2D eigenvalue weighted by Gasteiger charge is -2.33. The minimum atomic E-state index is -1.26. The van der Waals surface area contributed by atoms with E-state index in [1.807, 2.05) is 0 Å². The molecule has 0 saturated heterocycles. The maximum Gasteiger partial charge on any atom is 0.170 e. The van der Waals surface area contributed by atoms with Crippen molar-refractivity contribution in [2.75, 3.05) is 0 Å². The summed E-state index contributed by atoms with van der Waals surface area (Å²) >= 11 is 0. The summed E-state index contributed by atoms with van der Waals surface area (Å²) in [4.78, 5) is 0. The number of rotatable bonds is 4. The van der Waals surface area contributed by atoms with Crippen molar-refractivity contribution < 1.29 is 4.12 Å². The molecule has 0 spiro atoms. The van der Waals surface area contributed by atoms with Gasteiger partial charge in [0.2, 0.25) is 0 Å². The third-order valence-corrected chi connectivity index (χ3v) is 9.65. The largest absolute Gasteiger partial charge is 0.458 e. The molecule has 0 N–H and O–H groups in total. The SMILES string of the molecule is CC[SiH](O[Si](C)(C)C)C1CCCCC1. The molecule has 1 atom stereocenters. The summed E-state index contributed by atoms with van der Waals surface area (Å²) in [6.45, 7) is 9.36. The minimum absolute atomic E-state index is 0.858. The molecule has 1 aliphatic carbocycles. The van der Waals surface area contributed by atoms with Gasteiger partial charge in [-0.25, -0.2) is 0 Å². The fraction of sp³-hybridized carbons (Fsp3) is 1.00. The molecule has 1 unspecified atom stereocenters. The minimum Gasteiger partial charge on any atom is -0.458 e. The lowest BCUT2D eigenvalue weighted by Crippen LogP contribution is -2.37. The van der Waals surface area contributed by atoms with Gasteiger partial charge in [0.05, 0.1) is 0 Å². The van der Waals surface area contributed by atoms with E-state index in [-0.39, 0.29) is 0 Å². The highest BCUT2D eigenvalue weighted by Crippen LogP contribution is 2.33. The molecule has 0 amide bonds. The molecule has 0 aromatic heterocycles. The normalized spacial score (nSPS) is 22.3. The first-order valence-electron chi connectivity index (χ1n) is 6.21.